The molecule has 0 radical (unpaired) electrons. The molecule has 2 heterocycles. The number of hydrogen-bond donors (Lipinski definition) is 1. The van der Waals surface area contributed by atoms with Crippen LogP contribution in [0.3, 0.4) is 0 Å². The first kappa shape index (κ1) is 14.2. The minimum atomic E-state index is 0.684. The normalized spacial score (nSPS) is 15.0. The number of nitrogens with one attached hydrogen (secondary N) is 1. The van der Waals surface area contributed by atoms with E-state index in [-0.39, 0.29) is 0 Å². The number of anilines is 3. The quantitative estimate of drug-likeness (QED) is 0.939. The van der Waals surface area contributed by atoms with Gasteiger partial charge in [-0.25, -0.2) is 4.98 Å². The first-order valence-electron chi connectivity index (χ1n) is 7.04. The van der Waals surface area contributed by atoms with Gasteiger partial charge in [0.2, 0.25) is 0 Å². The summed E-state index contributed by atoms with van der Waals surface area (Å²) in [6.45, 7) is 5.47. The molecule has 21 heavy (non-hydrogen) atoms. The van der Waals surface area contributed by atoms with E-state index in [4.69, 9.17) is 16.3 Å². The van der Waals surface area contributed by atoms with Crippen LogP contribution in [-0.4, -0.2) is 31.3 Å². The van der Waals surface area contributed by atoms with Gasteiger partial charge in [0.15, 0.2) is 0 Å². The summed E-state index contributed by atoms with van der Waals surface area (Å²) in [5, 5.41) is 3.97. The third-order valence-electron chi connectivity index (χ3n) is 3.56. The molecule has 0 atom stereocenters. The highest BCUT2D eigenvalue weighted by Crippen LogP contribution is 2.23. The van der Waals surface area contributed by atoms with Crippen molar-refractivity contribution in [3.8, 4) is 0 Å². The van der Waals surface area contributed by atoms with Gasteiger partial charge in [0.05, 0.1) is 18.2 Å². The van der Waals surface area contributed by atoms with Gasteiger partial charge >= 0.3 is 0 Å². The van der Waals surface area contributed by atoms with Crippen molar-refractivity contribution in [2.75, 3.05) is 36.5 Å². The molecular weight excluding hydrogens is 286 g/mol. The topological polar surface area (TPSA) is 37.4 Å². The molecule has 1 N–H and O–H groups in total. The molecule has 0 saturated carbocycles. The summed E-state index contributed by atoms with van der Waals surface area (Å²) in [4.78, 5) is 6.61. The predicted octanol–water partition coefficient (Wildman–Crippen LogP) is 3.62. The zero-order chi connectivity index (χ0) is 14.7. The summed E-state index contributed by atoms with van der Waals surface area (Å²) < 4.78 is 5.37. The van der Waals surface area contributed by atoms with E-state index in [1.165, 1.54) is 5.69 Å². The van der Waals surface area contributed by atoms with E-state index in [9.17, 15) is 0 Å². The van der Waals surface area contributed by atoms with E-state index in [1.807, 2.05) is 13.0 Å². The smallest absolute Gasteiger partial charge is 0.130 e. The van der Waals surface area contributed by atoms with Gasteiger partial charge in [-0.1, -0.05) is 11.6 Å². The molecule has 0 amide bonds. The van der Waals surface area contributed by atoms with Crippen molar-refractivity contribution >= 4 is 28.8 Å². The van der Waals surface area contributed by atoms with Crippen molar-refractivity contribution in [2.45, 2.75) is 6.92 Å². The van der Waals surface area contributed by atoms with Crippen LogP contribution in [0.25, 0.3) is 0 Å². The number of hydrogen-bond acceptors (Lipinski definition) is 4. The van der Waals surface area contributed by atoms with Crippen LogP contribution < -0.4 is 10.2 Å². The maximum Gasteiger partial charge on any atom is 0.130 e. The van der Waals surface area contributed by atoms with E-state index >= 15 is 0 Å². The Kier molecular flexibility index (Phi) is 4.27. The van der Waals surface area contributed by atoms with Crippen LogP contribution >= 0.6 is 11.6 Å². The van der Waals surface area contributed by atoms with E-state index in [1.54, 1.807) is 6.20 Å². The lowest BCUT2D eigenvalue weighted by Crippen LogP contribution is -2.36. The largest absolute Gasteiger partial charge is 0.378 e. The Morgan fingerprint density at radius 1 is 1.19 bits per heavy atom. The fourth-order valence-corrected chi connectivity index (χ4v) is 2.44. The second kappa shape index (κ2) is 6.33. The molecule has 0 unspecified atom stereocenters. The summed E-state index contributed by atoms with van der Waals surface area (Å²) in [6, 6.07) is 10.3. The number of aryl methyl sites for hydroxylation is 1. The van der Waals surface area contributed by atoms with Crippen LogP contribution in [0.5, 0.6) is 0 Å². The van der Waals surface area contributed by atoms with Crippen molar-refractivity contribution in [3.05, 3.63) is 47.1 Å². The number of morpholine rings is 1. The Hall–Kier alpha value is -1.78. The molecule has 1 aromatic carbocycles. The molecule has 0 spiro atoms. The van der Waals surface area contributed by atoms with Crippen LogP contribution in [0.15, 0.2) is 36.5 Å². The molecule has 5 heteroatoms. The summed E-state index contributed by atoms with van der Waals surface area (Å²) in [7, 11) is 0. The van der Waals surface area contributed by atoms with Crippen molar-refractivity contribution < 1.29 is 4.74 Å². The predicted molar refractivity (Wildman–Crippen MR) is 86.7 cm³/mol. The van der Waals surface area contributed by atoms with E-state index in [2.05, 4.69) is 39.5 Å². The highest BCUT2D eigenvalue weighted by molar-refractivity contribution is 6.31. The zero-order valence-corrected chi connectivity index (χ0v) is 12.7. The fraction of sp³-hybridized carbons (Fsp3) is 0.312. The summed E-state index contributed by atoms with van der Waals surface area (Å²) >= 11 is 5.98. The SMILES string of the molecule is Cc1cc(Nc2ccc(N3CCOCC3)cc2)ncc1Cl. The number of aromatic nitrogens is 1. The Labute approximate surface area is 129 Å². The average Bonchev–Trinajstić information content (AvgIpc) is 2.53. The summed E-state index contributed by atoms with van der Waals surface area (Å²) in [5.74, 6) is 0.802. The lowest BCUT2D eigenvalue weighted by Gasteiger charge is -2.28. The summed E-state index contributed by atoms with van der Waals surface area (Å²) in [6.07, 6.45) is 1.67. The molecule has 2 aromatic rings. The Morgan fingerprint density at radius 2 is 1.90 bits per heavy atom. The maximum absolute atomic E-state index is 5.98. The van der Waals surface area contributed by atoms with Crippen molar-refractivity contribution in [2.24, 2.45) is 0 Å². The second-order valence-corrected chi connectivity index (χ2v) is 5.50. The van der Waals surface area contributed by atoms with Gasteiger partial charge in [-0.2, -0.15) is 0 Å². The standard InChI is InChI=1S/C16H18ClN3O/c1-12-10-16(18-11-15(12)17)19-13-2-4-14(5-3-13)20-6-8-21-9-7-20/h2-5,10-11H,6-9H2,1H3,(H,18,19). The Bertz CT molecular complexity index is 609. The van der Waals surface area contributed by atoms with Crippen molar-refractivity contribution in [1.29, 1.82) is 0 Å². The van der Waals surface area contributed by atoms with E-state index < -0.39 is 0 Å². The first-order chi connectivity index (χ1) is 10.2. The van der Waals surface area contributed by atoms with Gasteiger partial charge in [0.1, 0.15) is 5.82 Å². The number of halogens is 1. The molecule has 1 aromatic heterocycles. The minimum Gasteiger partial charge on any atom is -0.378 e. The Balaban J connectivity index is 1.70. The van der Waals surface area contributed by atoms with Gasteiger partial charge < -0.3 is 15.0 Å². The number of benzene rings is 1. The van der Waals surface area contributed by atoms with E-state index in [0.29, 0.717) is 5.02 Å². The third-order valence-corrected chi connectivity index (χ3v) is 3.96. The zero-order valence-electron chi connectivity index (χ0n) is 12.0. The molecule has 3 rings (SSSR count). The van der Waals surface area contributed by atoms with Gasteiger partial charge in [0, 0.05) is 30.7 Å². The highest BCUT2D eigenvalue weighted by Gasteiger charge is 2.10. The lowest BCUT2D eigenvalue weighted by molar-refractivity contribution is 0.122. The molecule has 0 bridgehead atoms. The minimum absolute atomic E-state index is 0.684. The molecule has 1 aliphatic rings. The van der Waals surface area contributed by atoms with Gasteiger partial charge in [0.25, 0.3) is 0 Å². The summed E-state index contributed by atoms with van der Waals surface area (Å²) in [5.41, 5.74) is 3.25. The monoisotopic (exact) mass is 303 g/mol. The van der Waals surface area contributed by atoms with Gasteiger partial charge in [-0.3, -0.25) is 0 Å². The highest BCUT2D eigenvalue weighted by atomic mass is 35.5. The molecular formula is C16H18ClN3O. The van der Waals surface area contributed by atoms with Crippen molar-refractivity contribution in [3.63, 3.8) is 0 Å². The van der Waals surface area contributed by atoms with Crippen LogP contribution in [0.1, 0.15) is 5.56 Å². The molecule has 0 aliphatic carbocycles. The van der Waals surface area contributed by atoms with Crippen molar-refractivity contribution in [1.82, 2.24) is 4.98 Å². The fourth-order valence-electron chi connectivity index (χ4n) is 2.33. The van der Waals surface area contributed by atoms with Crippen LogP contribution in [0.4, 0.5) is 17.2 Å². The average molecular weight is 304 g/mol. The number of ether oxygens (including phenoxy) is 1. The van der Waals surface area contributed by atoms with Gasteiger partial charge in [-0.15, -0.1) is 0 Å². The van der Waals surface area contributed by atoms with Crippen LogP contribution in [-0.2, 0) is 4.74 Å². The lowest BCUT2D eigenvalue weighted by atomic mass is 10.2. The third kappa shape index (κ3) is 3.46. The number of pyridine rings is 1. The number of rotatable bonds is 3. The molecule has 1 aliphatic heterocycles. The Morgan fingerprint density at radius 3 is 2.57 bits per heavy atom. The van der Waals surface area contributed by atoms with E-state index in [0.717, 1.165) is 43.4 Å². The van der Waals surface area contributed by atoms with Crippen LogP contribution in [0.2, 0.25) is 5.02 Å². The van der Waals surface area contributed by atoms with Gasteiger partial charge in [-0.05, 0) is 42.8 Å². The molecule has 110 valence electrons. The molecule has 1 fully saturated rings. The first-order valence-corrected chi connectivity index (χ1v) is 7.42. The number of nitrogens with zero attached hydrogens (tertiary/aromatic N) is 2. The molecule has 1 saturated heterocycles. The molecule has 4 nitrogen and oxygen atoms in total. The second-order valence-electron chi connectivity index (χ2n) is 5.09. The van der Waals surface area contributed by atoms with Crippen LogP contribution in [0, 0.1) is 6.92 Å². The maximum atomic E-state index is 5.98.